The highest BCUT2D eigenvalue weighted by atomic mass is 32.1. The summed E-state index contributed by atoms with van der Waals surface area (Å²) < 4.78 is 0. The molecule has 0 radical (unpaired) electrons. The van der Waals surface area contributed by atoms with Gasteiger partial charge in [-0.1, -0.05) is 6.92 Å². The number of amides is 1. The lowest BCUT2D eigenvalue weighted by molar-refractivity contribution is -0.117. The van der Waals surface area contributed by atoms with Crippen molar-refractivity contribution in [2.45, 2.75) is 25.0 Å². The molecule has 17 heavy (non-hydrogen) atoms. The Labute approximate surface area is 106 Å². The van der Waals surface area contributed by atoms with Crippen molar-refractivity contribution in [1.82, 2.24) is 0 Å². The summed E-state index contributed by atoms with van der Waals surface area (Å²) >= 11 is 4.35. The Morgan fingerprint density at radius 2 is 2.35 bits per heavy atom. The fourth-order valence-electron chi connectivity index (χ4n) is 2.12. The highest BCUT2D eigenvalue weighted by molar-refractivity contribution is 7.81. The van der Waals surface area contributed by atoms with Crippen molar-refractivity contribution in [2.24, 2.45) is 0 Å². The number of hydrogen-bond donors (Lipinski definition) is 1. The molecule has 3 nitrogen and oxygen atoms in total. The van der Waals surface area contributed by atoms with Gasteiger partial charge in [-0.2, -0.15) is 17.9 Å². The summed E-state index contributed by atoms with van der Waals surface area (Å²) in [5.41, 5.74) is 2.60. The van der Waals surface area contributed by atoms with E-state index in [2.05, 4.69) is 18.7 Å². The quantitative estimate of drug-likeness (QED) is 0.813. The van der Waals surface area contributed by atoms with E-state index in [1.54, 1.807) is 11.0 Å². The molecule has 1 atom stereocenters. The van der Waals surface area contributed by atoms with Crippen molar-refractivity contribution in [1.29, 1.82) is 5.26 Å². The number of hydrogen-bond acceptors (Lipinski definition) is 3. The third kappa shape index (κ3) is 2.29. The first kappa shape index (κ1) is 12.0. The van der Waals surface area contributed by atoms with E-state index >= 15 is 0 Å². The van der Waals surface area contributed by atoms with Crippen molar-refractivity contribution in [3.05, 3.63) is 29.3 Å². The van der Waals surface area contributed by atoms with E-state index in [1.807, 2.05) is 19.1 Å². The van der Waals surface area contributed by atoms with Crippen LogP contribution >= 0.6 is 12.6 Å². The SMILES string of the molecule is CCc1cc(C#N)ccc1N1CC(S)CC1=O. The van der Waals surface area contributed by atoms with Gasteiger partial charge in [-0.15, -0.1) is 0 Å². The average Bonchev–Trinajstić information content (AvgIpc) is 2.67. The lowest BCUT2D eigenvalue weighted by atomic mass is 10.1. The maximum absolute atomic E-state index is 11.8. The Morgan fingerprint density at radius 1 is 1.59 bits per heavy atom. The number of benzene rings is 1. The summed E-state index contributed by atoms with van der Waals surface area (Å²) in [4.78, 5) is 13.6. The second-order valence-corrected chi connectivity index (χ2v) is 4.90. The Bertz CT molecular complexity index is 493. The van der Waals surface area contributed by atoms with Crippen LogP contribution in [0.5, 0.6) is 0 Å². The maximum atomic E-state index is 11.8. The minimum absolute atomic E-state index is 0.114. The molecule has 4 heteroatoms. The van der Waals surface area contributed by atoms with Crippen LogP contribution in [0.2, 0.25) is 0 Å². The largest absolute Gasteiger partial charge is 0.311 e. The van der Waals surface area contributed by atoms with Crippen LogP contribution in [0.25, 0.3) is 0 Å². The van der Waals surface area contributed by atoms with Crippen molar-refractivity contribution >= 4 is 24.2 Å². The van der Waals surface area contributed by atoms with Gasteiger partial charge in [0.15, 0.2) is 0 Å². The van der Waals surface area contributed by atoms with Crippen molar-refractivity contribution < 1.29 is 4.79 Å². The number of nitrogens with zero attached hydrogens (tertiary/aromatic N) is 2. The number of carbonyl (C=O) groups is 1. The van der Waals surface area contributed by atoms with Gasteiger partial charge in [-0.25, -0.2) is 0 Å². The van der Waals surface area contributed by atoms with Gasteiger partial charge in [-0.05, 0) is 30.2 Å². The van der Waals surface area contributed by atoms with Crippen molar-refractivity contribution in [3.8, 4) is 6.07 Å². The predicted molar refractivity (Wildman–Crippen MR) is 70.3 cm³/mol. The number of nitriles is 1. The molecule has 1 heterocycles. The van der Waals surface area contributed by atoms with Gasteiger partial charge < -0.3 is 4.90 Å². The minimum Gasteiger partial charge on any atom is -0.311 e. The zero-order valence-corrected chi connectivity index (χ0v) is 10.6. The fourth-order valence-corrected chi connectivity index (χ4v) is 2.44. The van der Waals surface area contributed by atoms with Crippen molar-refractivity contribution in [2.75, 3.05) is 11.4 Å². The first-order valence-electron chi connectivity index (χ1n) is 5.67. The number of aryl methyl sites for hydroxylation is 1. The number of carbonyl (C=O) groups excluding carboxylic acids is 1. The van der Waals surface area contributed by atoms with Crippen LogP contribution < -0.4 is 4.90 Å². The highest BCUT2D eigenvalue weighted by Crippen LogP contribution is 2.28. The molecular weight excluding hydrogens is 232 g/mol. The van der Waals surface area contributed by atoms with E-state index in [0.29, 0.717) is 18.5 Å². The molecule has 0 N–H and O–H groups in total. The van der Waals surface area contributed by atoms with Crippen LogP contribution in [0.3, 0.4) is 0 Å². The van der Waals surface area contributed by atoms with E-state index in [-0.39, 0.29) is 11.2 Å². The second-order valence-electron chi connectivity index (χ2n) is 4.17. The molecule has 88 valence electrons. The van der Waals surface area contributed by atoms with Gasteiger partial charge in [0.25, 0.3) is 0 Å². The molecule has 1 aromatic rings. The Kier molecular flexibility index (Phi) is 3.39. The van der Waals surface area contributed by atoms with Gasteiger partial charge in [0.1, 0.15) is 0 Å². The summed E-state index contributed by atoms with van der Waals surface area (Å²) in [6.07, 6.45) is 1.30. The number of thiol groups is 1. The first-order valence-corrected chi connectivity index (χ1v) is 6.18. The smallest absolute Gasteiger partial charge is 0.228 e. The molecule has 0 bridgehead atoms. The fraction of sp³-hybridized carbons (Fsp3) is 0.385. The molecule has 0 aromatic heterocycles. The van der Waals surface area contributed by atoms with Crippen LogP contribution in [0.15, 0.2) is 18.2 Å². The Balaban J connectivity index is 2.39. The summed E-state index contributed by atoms with van der Waals surface area (Å²) in [6, 6.07) is 7.60. The zero-order chi connectivity index (χ0) is 12.4. The average molecular weight is 246 g/mol. The van der Waals surface area contributed by atoms with Gasteiger partial charge in [0.2, 0.25) is 5.91 Å². The van der Waals surface area contributed by atoms with Gasteiger partial charge in [0.05, 0.1) is 11.6 Å². The van der Waals surface area contributed by atoms with E-state index in [4.69, 9.17) is 5.26 Å². The van der Waals surface area contributed by atoms with E-state index < -0.39 is 0 Å². The van der Waals surface area contributed by atoms with Gasteiger partial charge in [0, 0.05) is 23.9 Å². The predicted octanol–water partition coefficient (Wildman–Crippen LogP) is 2.16. The molecule has 1 saturated heterocycles. The summed E-state index contributed by atoms with van der Waals surface area (Å²) in [7, 11) is 0. The van der Waals surface area contributed by atoms with Crippen LogP contribution in [0.4, 0.5) is 5.69 Å². The molecule has 1 aliphatic heterocycles. The number of anilines is 1. The molecule has 1 fully saturated rings. The third-order valence-electron chi connectivity index (χ3n) is 2.98. The lowest BCUT2D eigenvalue weighted by Crippen LogP contribution is -2.25. The normalized spacial score (nSPS) is 19.5. The molecular formula is C13H14N2OS. The monoisotopic (exact) mass is 246 g/mol. The van der Waals surface area contributed by atoms with Crippen LogP contribution in [0, 0.1) is 11.3 Å². The van der Waals surface area contributed by atoms with E-state index in [1.165, 1.54) is 0 Å². The van der Waals surface area contributed by atoms with E-state index in [0.717, 1.165) is 17.7 Å². The first-order chi connectivity index (χ1) is 8.15. The molecule has 0 spiro atoms. The third-order valence-corrected chi connectivity index (χ3v) is 3.33. The minimum atomic E-state index is 0.114. The molecule has 1 amide bonds. The molecule has 0 saturated carbocycles. The molecule has 2 rings (SSSR count). The van der Waals surface area contributed by atoms with Gasteiger partial charge in [-0.3, -0.25) is 4.79 Å². The molecule has 1 unspecified atom stereocenters. The summed E-state index contributed by atoms with van der Waals surface area (Å²) in [5, 5.41) is 8.98. The highest BCUT2D eigenvalue weighted by Gasteiger charge is 2.29. The number of rotatable bonds is 2. The molecule has 0 aliphatic carbocycles. The molecule has 1 aromatic carbocycles. The Morgan fingerprint density at radius 3 is 2.88 bits per heavy atom. The van der Waals surface area contributed by atoms with Crippen LogP contribution in [0.1, 0.15) is 24.5 Å². The van der Waals surface area contributed by atoms with Gasteiger partial charge >= 0.3 is 0 Å². The van der Waals surface area contributed by atoms with Crippen LogP contribution in [-0.4, -0.2) is 17.7 Å². The zero-order valence-electron chi connectivity index (χ0n) is 9.68. The maximum Gasteiger partial charge on any atom is 0.228 e. The second kappa shape index (κ2) is 4.80. The van der Waals surface area contributed by atoms with Crippen LogP contribution in [-0.2, 0) is 11.2 Å². The lowest BCUT2D eigenvalue weighted by Gasteiger charge is -2.19. The summed E-state index contributed by atoms with van der Waals surface area (Å²) in [5.74, 6) is 0.115. The molecule has 1 aliphatic rings. The Hall–Kier alpha value is -1.47. The summed E-state index contributed by atoms with van der Waals surface area (Å²) in [6.45, 7) is 2.68. The standard InChI is InChI=1S/C13H14N2OS/c1-2-10-5-9(7-14)3-4-12(10)15-8-11(17)6-13(15)16/h3-5,11,17H,2,6,8H2,1H3. The van der Waals surface area contributed by atoms with Crippen molar-refractivity contribution in [3.63, 3.8) is 0 Å². The van der Waals surface area contributed by atoms with E-state index in [9.17, 15) is 4.79 Å². The topological polar surface area (TPSA) is 44.1 Å².